The molecule has 1 aromatic carbocycles. The van der Waals surface area contributed by atoms with E-state index >= 15 is 0 Å². The first kappa shape index (κ1) is 16.9. The number of benzene rings is 1. The molecule has 1 saturated heterocycles. The van der Waals surface area contributed by atoms with Gasteiger partial charge < -0.3 is 10.4 Å². The summed E-state index contributed by atoms with van der Waals surface area (Å²) in [5.41, 5.74) is 1.34. The summed E-state index contributed by atoms with van der Waals surface area (Å²) < 4.78 is 0. The average Bonchev–Trinajstić information content (AvgIpc) is 2.61. The van der Waals surface area contributed by atoms with E-state index in [-0.39, 0.29) is 6.10 Å². The summed E-state index contributed by atoms with van der Waals surface area (Å²) >= 11 is 0. The topological polar surface area (TPSA) is 35.5 Å². The number of nitrogens with zero attached hydrogens (tertiary/aromatic N) is 1. The summed E-state index contributed by atoms with van der Waals surface area (Å²) in [5.74, 6) is 0.402. The van der Waals surface area contributed by atoms with E-state index in [1.807, 2.05) is 6.92 Å². The third kappa shape index (κ3) is 4.79. The lowest BCUT2D eigenvalue weighted by Crippen LogP contribution is -2.54. The minimum absolute atomic E-state index is 0.206. The van der Waals surface area contributed by atoms with Gasteiger partial charge in [-0.25, -0.2) is 0 Å². The molecule has 0 aromatic heterocycles. The SMILES string of the molecule is CC(O)C1CC(NCc2ccccc2)CN(C2CCCCC2)C1. The molecule has 128 valence electrons. The molecule has 3 heteroatoms. The second kappa shape index (κ2) is 8.27. The molecule has 0 bridgehead atoms. The van der Waals surface area contributed by atoms with E-state index < -0.39 is 0 Å². The Labute approximate surface area is 141 Å². The van der Waals surface area contributed by atoms with Crippen LogP contribution in [0.25, 0.3) is 0 Å². The Hall–Kier alpha value is -0.900. The van der Waals surface area contributed by atoms with Gasteiger partial charge in [-0.05, 0) is 37.7 Å². The second-order valence-electron chi connectivity index (χ2n) is 7.55. The van der Waals surface area contributed by atoms with Crippen LogP contribution < -0.4 is 5.32 Å². The smallest absolute Gasteiger partial charge is 0.0553 e. The minimum atomic E-state index is -0.206. The fraction of sp³-hybridized carbons (Fsp3) is 0.700. The van der Waals surface area contributed by atoms with E-state index in [4.69, 9.17) is 0 Å². The predicted octanol–water partition coefficient (Wildman–Crippen LogP) is 3.18. The van der Waals surface area contributed by atoms with Crippen LogP contribution >= 0.6 is 0 Å². The number of aliphatic hydroxyl groups is 1. The maximum absolute atomic E-state index is 10.1. The molecule has 0 amide bonds. The van der Waals surface area contributed by atoms with Crippen LogP contribution in [0.15, 0.2) is 30.3 Å². The van der Waals surface area contributed by atoms with Gasteiger partial charge in [0.25, 0.3) is 0 Å². The summed E-state index contributed by atoms with van der Waals surface area (Å²) in [5, 5.41) is 13.9. The van der Waals surface area contributed by atoms with Crippen molar-refractivity contribution in [2.24, 2.45) is 5.92 Å². The Morgan fingerprint density at radius 3 is 2.57 bits per heavy atom. The molecule has 1 aliphatic carbocycles. The van der Waals surface area contributed by atoms with Gasteiger partial charge >= 0.3 is 0 Å². The van der Waals surface area contributed by atoms with Crippen LogP contribution in [0, 0.1) is 5.92 Å². The highest BCUT2D eigenvalue weighted by molar-refractivity contribution is 5.14. The van der Waals surface area contributed by atoms with Crippen LogP contribution in [0.1, 0.15) is 51.0 Å². The molecule has 1 aliphatic heterocycles. The van der Waals surface area contributed by atoms with Gasteiger partial charge in [-0.15, -0.1) is 0 Å². The molecule has 0 spiro atoms. The molecule has 23 heavy (non-hydrogen) atoms. The molecule has 0 radical (unpaired) electrons. The Morgan fingerprint density at radius 2 is 1.87 bits per heavy atom. The monoisotopic (exact) mass is 316 g/mol. The van der Waals surface area contributed by atoms with Gasteiger partial charge in [-0.3, -0.25) is 4.90 Å². The molecule has 2 N–H and O–H groups in total. The predicted molar refractivity (Wildman–Crippen MR) is 95.3 cm³/mol. The summed E-state index contributed by atoms with van der Waals surface area (Å²) in [4.78, 5) is 2.67. The van der Waals surface area contributed by atoms with Gasteiger partial charge in [-0.2, -0.15) is 0 Å². The van der Waals surface area contributed by atoms with Gasteiger partial charge in [0.15, 0.2) is 0 Å². The first-order chi connectivity index (χ1) is 11.2. The summed E-state index contributed by atoms with van der Waals surface area (Å²) in [6.45, 7) is 5.10. The van der Waals surface area contributed by atoms with Crippen LogP contribution in [-0.4, -0.2) is 41.3 Å². The summed E-state index contributed by atoms with van der Waals surface area (Å²) in [6, 6.07) is 11.9. The number of likely N-dealkylation sites (tertiary alicyclic amines) is 1. The van der Waals surface area contributed by atoms with Crippen molar-refractivity contribution in [1.29, 1.82) is 0 Å². The maximum Gasteiger partial charge on any atom is 0.0553 e. The maximum atomic E-state index is 10.1. The van der Waals surface area contributed by atoms with Crippen LogP contribution in [0.5, 0.6) is 0 Å². The average molecular weight is 316 g/mol. The zero-order valence-electron chi connectivity index (χ0n) is 14.5. The fourth-order valence-electron chi connectivity index (χ4n) is 4.27. The van der Waals surface area contributed by atoms with E-state index in [2.05, 4.69) is 40.5 Å². The number of nitrogens with one attached hydrogen (secondary N) is 1. The molecule has 1 saturated carbocycles. The van der Waals surface area contributed by atoms with Gasteiger partial charge in [0.05, 0.1) is 6.10 Å². The lowest BCUT2D eigenvalue weighted by Gasteiger charge is -2.44. The van der Waals surface area contributed by atoms with Crippen LogP contribution in [0.3, 0.4) is 0 Å². The van der Waals surface area contributed by atoms with E-state index in [1.165, 1.54) is 37.7 Å². The molecule has 3 unspecified atom stereocenters. The molecule has 3 nitrogen and oxygen atoms in total. The number of rotatable bonds is 5. The van der Waals surface area contributed by atoms with Crippen molar-refractivity contribution in [3.8, 4) is 0 Å². The Balaban J connectivity index is 1.59. The zero-order chi connectivity index (χ0) is 16.1. The summed E-state index contributed by atoms with van der Waals surface area (Å²) in [6.07, 6.45) is 7.73. The zero-order valence-corrected chi connectivity index (χ0v) is 14.5. The molecular formula is C20H32N2O. The van der Waals surface area contributed by atoms with E-state index in [9.17, 15) is 5.11 Å². The Kier molecular flexibility index (Phi) is 6.09. The number of hydrogen-bond acceptors (Lipinski definition) is 3. The Morgan fingerprint density at radius 1 is 1.13 bits per heavy atom. The van der Waals surface area contributed by atoms with Crippen molar-refractivity contribution in [2.75, 3.05) is 13.1 Å². The van der Waals surface area contributed by atoms with Gasteiger partial charge in [0.1, 0.15) is 0 Å². The van der Waals surface area contributed by atoms with E-state index in [0.29, 0.717) is 12.0 Å². The van der Waals surface area contributed by atoms with Crippen molar-refractivity contribution in [3.63, 3.8) is 0 Å². The van der Waals surface area contributed by atoms with E-state index in [0.717, 1.165) is 32.1 Å². The van der Waals surface area contributed by atoms with Crippen LogP contribution in [-0.2, 0) is 6.54 Å². The number of aliphatic hydroxyl groups excluding tert-OH is 1. The first-order valence-corrected chi connectivity index (χ1v) is 9.42. The van der Waals surface area contributed by atoms with Crippen molar-refractivity contribution in [2.45, 2.75) is 70.2 Å². The highest BCUT2D eigenvalue weighted by atomic mass is 16.3. The van der Waals surface area contributed by atoms with Crippen molar-refractivity contribution in [3.05, 3.63) is 35.9 Å². The largest absolute Gasteiger partial charge is 0.393 e. The number of hydrogen-bond donors (Lipinski definition) is 2. The molecule has 1 heterocycles. The lowest BCUT2D eigenvalue weighted by molar-refractivity contribution is 0.0205. The molecule has 3 rings (SSSR count). The quantitative estimate of drug-likeness (QED) is 0.876. The summed E-state index contributed by atoms with van der Waals surface area (Å²) in [7, 11) is 0. The molecule has 2 fully saturated rings. The molecule has 2 aliphatic rings. The highest BCUT2D eigenvalue weighted by Crippen LogP contribution is 2.28. The third-order valence-electron chi connectivity index (χ3n) is 5.72. The van der Waals surface area contributed by atoms with Crippen molar-refractivity contribution in [1.82, 2.24) is 10.2 Å². The Bertz CT molecular complexity index is 456. The lowest BCUT2D eigenvalue weighted by atomic mass is 9.86. The highest BCUT2D eigenvalue weighted by Gasteiger charge is 2.33. The van der Waals surface area contributed by atoms with Crippen molar-refractivity contribution >= 4 is 0 Å². The molecule has 3 atom stereocenters. The normalized spacial score (nSPS) is 28.6. The molecule has 1 aromatic rings. The molecular weight excluding hydrogens is 284 g/mol. The van der Waals surface area contributed by atoms with Gasteiger partial charge in [0.2, 0.25) is 0 Å². The third-order valence-corrected chi connectivity index (χ3v) is 5.72. The van der Waals surface area contributed by atoms with E-state index in [1.54, 1.807) is 0 Å². The van der Waals surface area contributed by atoms with Gasteiger partial charge in [-0.1, -0.05) is 49.6 Å². The minimum Gasteiger partial charge on any atom is -0.393 e. The number of piperidine rings is 1. The van der Waals surface area contributed by atoms with Crippen LogP contribution in [0.4, 0.5) is 0 Å². The van der Waals surface area contributed by atoms with Crippen LogP contribution in [0.2, 0.25) is 0 Å². The fourth-order valence-corrected chi connectivity index (χ4v) is 4.27. The standard InChI is InChI=1S/C20H32N2O/c1-16(23)18-12-19(21-13-17-8-4-2-5-9-17)15-22(14-18)20-10-6-3-7-11-20/h2,4-5,8-9,16,18-21,23H,3,6-7,10-15H2,1H3. The first-order valence-electron chi connectivity index (χ1n) is 9.42. The second-order valence-corrected chi connectivity index (χ2v) is 7.55. The van der Waals surface area contributed by atoms with Crippen molar-refractivity contribution < 1.29 is 5.11 Å². The van der Waals surface area contributed by atoms with Gasteiger partial charge in [0, 0.05) is 31.7 Å².